The number of nitrogens with zero attached hydrogens (tertiary/aromatic N) is 1. The van der Waals surface area contributed by atoms with E-state index in [0.717, 1.165) is 17.7 Å². The second-order valence-electron chi connectivity index (χ2n) is 6.31. The van der Waals surface area contributed by atoms with E-state index in [1.807, 2.05) is 31.2 Å². The van der Waals surface area contributed by atoms with Crippen molar-refractivity contribution in [1.29, 1.82) is 0 Å². The first-order chi connectivity index (χ1) is 10.1. The Morgan fingerprint density at radius 2 is 1.81 bits per heavy atom. The highest BCUT2D eigenvalue weighted by Gasteiger charge is 2.59. The molecule has 4 nitrogen and oxygen atoms in total. The van der Waals surface area contributed by atoms with Crippen LogP contribution >= 0.6 is 0 Å². The zero-order chi connectivity index (χ0) is 14.6. The van der Waals surface area contributed by atoms with E-state index in [0.29, 0.717) is 0 Å². The van der Waals surface area contributed by atoms with Gasteiger partial charge >= 0.3 is 0 Å². The summed E-state index contributed by atoms with van der Waals surface area (Å²) < 4.78 is 0. The molecule has 4 heteroatoms. The molecule has 1 aromatic carbocycles. The number of imide groups is 1. The molecule has 0 unspecified atom stereocenters. The minimum Gasteiger partial charge on any atom is -0.367 e. The van der Waals surface area contributed by atoms with Crippen molar-refractivity contribution in [2.24, 2.45) is 23.7 Å². The standard InChI is InChI=1S/C17H18N2O2/c1-10-3-2-4-13(7-10)18-9-19-16(20)14-11-5-6-12(8-11)15(14)17(19)21/h2-7,11-12,14-15,18H,8-9H2,1H3/t11-,12-,14-,15+/m1/s1. The van der Waals surface area contributed by atoms with E-state index in [2.05, 4.69) is 17.5 Å². The lowest BCUT2D eigenvalue weighted by molar-refractivity contribution is -0.140. The molecule has 1 N–H and O–H groups in total. The van der Waals surface area contributed by atoms with E-state index in [-0.39, 0.29) is 42.2 Å². The van der Waals surface area contributed by atoms with Gasteiger partial charge in [0.2, 0.25) is 11.8 Å². The maximum atomic E-state index is 12.5. The molecule has 1 heterocycles. The van der Waals surface area contributed by atoms with Gasteiger partial charge in [-0.3, -0.25) is 14.5 Å². The molecule has 2 aliphatic carbocycles. The van der Waals surface area contributed by atoms with E-state index in [1.165, 1.54) is 4.90 Å². The highest BCUT2D eigenvalue weighted by atomic mass is 16.2. The van der Waals surface area contributed by atoms with Crippen LogP contribution in [0.4, 0.5) is 5.69 Å². The number of anilines is 1. The van der Waals surface area contributed by atoms with Crippen LogP contribution in [0.15, 0.2) is 36.4 Å². The largest absolute Gasteiger partial charge is 0.367 e. The third-order valence-corrected chi connectivity index (χ3v) is 5.02. The molecule has 1 aliphatic heterocycles. The SMILES string of the molecule is Cc1cccc(NCN2C(=O)[C@@H]3[C@H](C2=O)[C@@H]2C=C[C@@H]3C2)c1. The van der Waals surface area contributed by atoms with Crippen LogP contribution in [0.3, 0.4) is 0 Å². The van der Waals surface area contributed by atoms with Crippen LogP contribution in [0.2, 0.25) is 0 Å². The van der Waals surface area contributed by atoms with Gasteiger partial charge < -0.3 is 5.32 Å². The molecule has 1 saturated carbocycles. The molecule has 0 radical (unpaired) electrons. The molecule has 3 aliphatic rings. The van der Waals surface area contributed by atoms with E-state index >= 15 is 0 Å². The van der Waals surface area contributed by atoms with Crippen LogP contribution in [-0.4, -0.2) is 23.4 Å². The highest BCUT2D eigenvalue weighted by Crippen LogP contribution is 2.52. The smallest absolute Gasteiger partial charge is 0.235 e. The lowest BCUT2D eigenvalue weighted by Gasteiger charge is -2.18. The fourth-order valence-corrected chi connectivity index (χ4v) is 4.05. The van der Waals surface area contributed by atoms with Crippen LogP contribution in [0.5, 0.6) is 0 Å². The molecule has 1 aromatic rings. The van der Waals surface area contributed by atoms with Gasteiger partial charge in [-0.15, -0.1) is 0 Å². The number of hydrogen-bond donors (Lipinski definition) is 1. The van der Waals surface area contributed by atoms with Gasteiger partial charge in [0, 0.05) is 5.69 Å². The van der Waals surface area contributed by atoms with Gasteiger partial charge in [-0.2, -0.15) is 0 Å². The van der Waals surface area contributed by atoms with E-state index in [1.54, 1.807) is 0 Å². The fraction of sp³-hybridized carbons (Fsp3) is 0.412. The zero-order valence-electron chi connectivity index (χ0n) is 12.0. The summed E-state index contributed by atoms with van der Waals surface area (Å²) in [6.45, 7) is 2.29. The second kappa shape index (κ2) is 4.45. The van der Waals surface area contributed by atoms with Crippen LogP contribution < -0.4 is 5.32 Å². The Balaban J connectivity index is 1.50. The topological polar surface area (TPSA) is 49.4 Å². The van der Waals surface area contributed by atoms with E-state index < -0.39 is 0 Å². The van der Waals surface area contributed by atoms with Gasteiger partial charge in [0.15, 0.2) is 0 Å². The number of nitrogens with one attached hydrogen (secondary N) is 1. The van der Waals surface area contributed by atoms with E-state index in [4.69, 9.17) is 0 Å². The number of allylic oxidation sites excluding steroid dienone is 2. The number of benzene rings is 1. The number of carbonyl (C=O) groups is 2. The molecule has 2 fully saturated rings. The summed E-state index contributed by atoms with van der Waals surface area (Å²) in [6, 6.07) is 7.94. The Kier molecular flexibility index (Phi) is 2.67. The van der Waals surface area contributed by atoms with Crippen LogP contribution in [0, 0.1) is 30.6 Å². The number of likely N-dealkylation sites (tertiary alicyclic amines) is 1. The molecular weight excluding hydrogens is 264 g/mol. The number of carbonyl (C=O) groups excluding carboxylic acids is 2. The van der Waals surface area contributed by atoms with Crippen molar-refractivity contribution in [2.75, 3.05) is 12.0 Å². The summed E-state index contributed by atoms with van der Waals surface area (Å²) in [4.78, 5) is 26.4. The van der Waals surface area contributed by atoms with Crippen LogP contribution in [0.25, 0.3) is 0 Å². The average molecular weight is 282 g/mol. The molecule has 108 valence electrons. The predicted octanol–water partition coefficient (Wildman–Crippen LogP) is 2.17. The molecule has 2 amide bonds. The van der Waals surface area contributed by atoms with Gasteiger partial charge in [0.05, 0.1) is 18.5 Å². The summed E-state index contributed by atoms with van der Waals surface area (Å²) in [6.07, 6.45) is 5.22. The summed E-state index contributed by atoms with van der Waals surface area (Å²) in [7, 11) is 0. The molecule has 0 aromatic heterocycles. The Bertz CT molecular complexity index is 622. The monoisotopic (exact) mass is 282 g/mol. The van der Waals surface area contributed by atoms with Crippen molar-refractivity contribution in [3.63, 3.8) is 0 Å². The van der Waals surface area contributed by atoms with Crippen molar-refractivity contribution < 1.29 is 9.59 Å². The average Bonchev–Trinajstić information content (AvgIpc) is 3.12. The number of aryl methyl sites for hydroxylation is 1. The normalized spacial score (nSPS) is 32.9. The molecular formula is C17H18N2O2. The molecule has 0 spiro atoms. The van der Waals surface area contributed by atoms with Crippen molar-refractivity contribution >= 4 is 17.5 Å². The first-order valence-electron chi connectivity index (χ1n) is 7.49. The second-order valence-corrected chi connectivity index (χ2v) is 6.31. The first-order valence-corrected chi connectivity index (χ1v) is 7.49. The molecule has 4 rings (SSSR count). The molecule has 21 heavy (non-hydrogen) atoms. The van der Waals surface area contributed by atoms with Crippen LogP contribution in [-0.2, 0) is 9.59 Å². The predicted molar refractivity (Wildman–Crippen MR) is 79.2 cm³/mol. The highest BCUT2D eigenvalue weighted by molar-refractivity contribution is 6.06. The van der Waals surface area contributed by atoms with Crippen LogP contribution in [0.1, 0.15) is 12.0 Å². The Morgan fingerprint density at radius 3 is 2.43 bits per heavy atom. The molecule has 2 bridgehead atoms. The Morgan fingerprint density at radius 1 is 1.14 bits per heavy atom. The van der Waals surface area contributed by atoms with Crippen molar-refractivity contribution in [3.8, 4) is 0 Å². The lowest BCUT2D eigenvalue weighted by Crippen LogP contribution is -2.37. The van der Waals surface area contributed by atoms with Gasteiger partial charge in [-0.05, 0) is 42.9 Å². The zero-order valence-corrected chi connectivity index (χ0v) is 12.0. The quantitative estimate of drug-likeness (QED) is 0.683. The number of hydrogen-bond acceptors (Lipinski definition) is 3. The Labute approximate surface area is 123 Å². The number of rotatable bonds is 3. The van der Waals surface area contributed by atoms with E-state index in [9.17, 15) is 9.59 Å². The molecule has 1 saturated heterocycles. The number of fused-ring (bicyclic) bond motifs is 5. The summed E-state index contributed by atoms with van der Waals surface area (Å²) >= 11 is 0. The minimum atomic E-state index is -0.105. The Hall–Kier alpha value is -2.10. The molecule has 4 atom stereocenters. The fourth-order valence-electron chi connectivity index (χ4n) is 4.05. The first kappa shape index (κ1) is 12.6. The van der Waals surface area contributed by atoms with Gasteiger partial charge in [-0.1, -0.05) is 24.3 Å². The van der Waals surface area contributed by atoms with Gasteiger partial charge in [0.1, 0.15) is 0 Å². The minimum absolute atomic E-state index is 0.00185. The maximum Gasteiger partial charge on any atom is 0.235 e. The van der Waals surface area contributed by atoms with Crippen molar-refractivity contribution in [1.82, 2.24) is 4.90 Å². The van der Waals surface area contributed by atoms with Gasteiger partial charge in [-0.25, -0.2) is 0 Å². The summed E-state index contributed by atoms with van der Waals surface area (Å²) in [5.41, 5.74) is 2.09. The van der Waals surface area contributed by atoms with Crippen molar-refractivity contribution in [2.45, 2.75) is 13.3 Å². The number of amides is 2. The summed E-state index contributed by atoms with van der Waals surface area (Å²) in [5, 5.41) is 3.19. The maximum absolute atomic E-state index is 12.5. The van der Waals surface area contributed by atoms with Gasteiger partial charge in [0.25, 0.3) is 0 Å². The lowest BCUT2D eigenvalue weighted by atomic mass is 9.85. The summed E-state index contributed by atoms with van der Waals surface area (Å²) in [5.74, 6) is 0.350. The third-order valence-electron chi connectivity index (χ3n) is 5.02. The third kappa shape index (κ3) is 1.82. The van der Waals surface area contributed by atoms with Crippen molar-refractivity contribution in [3.05, 3.63) is 42.0 Å².